The van der Waals surface area contributed by atoms with Crippen LogP contribution in [-0.4, -0.2) is 23.0 Å². The average molecular weight is 462 g/mol. The Balaban J connectivity index is 1.41. The first-order chi connectivity index (χ1) is 15.9. The molecule has 0 saturated heterocycles. The number of thiophene rings is 1. The molecule has 3 aromatic rings. The van der Waals surface area contributed by atoms with Crippen molar-refractivity contribution in [3.63, 3.8) is 0 Å². The number of carboxylic acid groups (broad SMARTS) is 1. The molecule has 0 atom stereocenters. The van der Waals surface area contributed by atoms with Gasteiger partial charge in [-0.25, -0.2) is 0 Å². The molecule has 2 aromatic carbocycles. The van der Waals surface area contributed by atoms with Gasteiger partial charge in [0.1, 0.15) is 0 Å². The maximum atomic E-state index is 13.2. The van der Waals surface area contributed by atoms with Crippen molar-refractivity contribution in [2.24, 2.45) is 5.92 Å². The molecule has 1 aliphatic carbocycles. The van der Waals surface area contributed by atoms with E-state index in [4.69, 9.17) is 0 Å². The predicted molar refractivity (Wildman–Crippen MR) is 134 cm³/mol. The van der Waals surface area contributed by atoms with E-state index in [0.717, 1.165) is 41.7 Å². The van der Waals surface area contributed by atoms with Crippen LogP contribution >= 0.6 is 11.3 Å². The fraction of sp³-hybridized carbons (Fsp3) is 0.357. The molecular formula is C28H31NO3S. The van der Waals surface area contributed by atoms with Gasteiger partial charge in [-0.1, -0.05) is 54.6 Å². The lowest BCUT2D eigenvalue weighted by atomic mass is 9.86. The Hall–Kier alpha value is -2.92. The van der Waals surface area contributed by atoms with Gasteiger partial charge in [-0.3, -0.25) is 9.59 Å². The normalized spacial score (nSPS) is 18.1. The molecule has 33 heavy (non-hydrogen) atoms. The summed E-state index contributed by atoms with van der Waals surface area (Å²) in [5, 5.41) is 12.4. The third kappa shape index (κ3) is 5.53. The first kappa shape index (κ1) is 23.2. The van der Waals surface area contributed by atoms with E-state index < -0.39 is 5.97 Å². The first-order valence-corrected chi connectivity index (χ1v) is 12.5. The van der Waals surface area contributed by atoms with Crippen molar-refractivity contribution < 1.29 is 14.7 Å². The third-order valence-corrected chi connectivity index (χ3v) is 7.81. The van der Waals surface area contributed by atoms with Crippen molar-refractivity contribution in [2.75, 3.05) is 0 Å². The van der Waals surface area contributed by atoms with Crippen LogP contribution in [0.4, 0.5) is 0 Å². The molecule has 0 unspecified atom stereocenters. The molecule has 5 heteroatoms. The standard InChI is InChI=1S/C28H31NO3S/c1-18-25(17-10-20-8-11-22(12-9-20)21-6-4-3-5-7-21)26(19(2)33-18)27(30)29-24-15-13-23(14-16-24)28(31)32/h3-9,11-12,23-24H,10,13-17H2,1-2H3,(H,29,30)(H,31,32). The fourth-order valence-corrected chi connectivity index (χ4v) is 5.94. The average Bonchev–Trinajstić information content (AvgIpc) is 3.11. The number of amides is 1. The Morgan fingerprint density at radius 3 is 2.15 bits per heavy atom. The molecule has 1 fully saturated rings. The van der Waals surface area contributed by atoms with Crippen molar-refractivity contribution in [1.82, 2.24) is 5.32 Å². The number of nitrogens with one attached hydrogen (secondary N) is 1. The van der Waals surface area contributed by atoms with Crippen LogP contribution in [0, 0.1) is 19.8 Å². The van der Waals surface area contributed by atoms with Crippen LogP contribution in [0.1, 0.15) is 56.9 Å². The highest BCUT2D eigenvalue weighted by molar-refractivity contribution is 7.12. The summed E-state index contributed by atoms with van der Waals surface area (Å²) in [4.78, 5) is 26.6. The summed E-state index contributed by atoms with van der Waals surface area (Å²) < 4.78 is 0. The SMILES string of the molecule is Cc1sc(C)c(C(=O)NC2CCC(C(=O)O)CC2)c1CCc1ccc(-c2ccccc2)cc1. The van der Waals surface area contributed by atoms with E-state index in [9.17, 15) is 14.7 Å². The van der Waals surface area contributed by atoms with Crippen molar-refractivity contribution in [2.45, 2.75) is 58.4 Å². The van der Waals surface area contributed by atoms with E-state index in [-0.39, 0.29) is 17.9 Å². The summed E-state index contributed by atoms with van der Waals surface area (Å²) in [5.74, 6) is -1.000. The van der Waals surface area contributed by atoms with Gasteiger partial charge in [0.25, 0.3) is 5.91 Å². The number of rotatable bonds is 7. The van der Waals surface area contributed by atoms with Gasteiger partial charge in [0.2, 0.25) is 0 Å². The van der Waals surface area contributed by atoms with Crippen LogP contribution in [0.15, 0.2) is 54.6 Å². The second-order valence-corrected chi connectivity index (χ2v) is 10.4. The Labute approximate surface area is 199 Å². The van der Waals surface area contributed by atoms with Crippen LogP contribution in [0.5, 0.6) is 0 Å². The zero-order chi connectivity index (χ0) is 23.4. The molecule has 2 N–H and O–H groups in total. The molecule has 0 spiro atoms. The van der Waals surface area contributed by atoms with Crippen molar-refractivity contribution >= 4 is 23.2 Å². The zero-order valence-corrected chi connectivity index (χ0v) is 20.1. The number of carbonyl (C=O) groups is 2. The molecular weight excluding hydrogens is 430 g/mol. The summed E-state index contributed by atoms with van der Waals surface area (Å²) in [6.07, 6.45) is 4.44. The molecule has 1 aromatic heterocycles. The van der Waals surface area contributed by atoms with Crippen LogP contribution in [-0.2, 0) is 17.6 Å². The van der Waals surface area contributed by atoms with Gasteiger partial charge in [0.05, 0.1) is 11.5 Å². The summed E-state index contributed by atoms with van der Waals surface area (Å²) >= 11 is 1.69. The van der Waals surface area contributed by atoms with Crippen LogP contribution < -0.4 is 5.32 Å². The second-order valence-electron chi connectivity index (χ2n) is 8.99. The topological polar surface area (TPSA) is 66.4 Å². The number of carbonyl (C=O) groups excluding carboxylic acids is 1. The van der Waals surface area contributed by atoms with Crippen LogP contribution in [0.3, 0.4) is 0 Å². The van der Waals surface area contributed by atoms with E-state index in [0.29, 0.717) is 12.8 Å². The number of hydrogen-bond donors (Lipinski definition) is 2. The number of hydrogen-bond acceptors (Lipinski definition) is 3. The number of aliphatic carboxylic acids is 1. The second kappa shape index (κ2) is 10.3. The van der Waals surface area contributed by atoms with E-state index in [1.165, 1.54) is 21.6 Å². The van der Waals surface area contributed by atoms with Crippen molar-refractivity contribution in [3.05, 3.63) is 81.0 Å². The minimum atomic E-state index is -0.719. The van der Waals surface area contributed by atoms with Gasteiger partial charge in [0.15, 0.2) is 0 Å². The molecule has 172 valence electrons. The predicted octanol–water partition coefficient (Wildman–Crippen LogP) is 6.19. The molecule has 1 amide bonds. The Bertz CT molecular complexity index is 1110. The largest absolute Gasteiger partial charge is 0.481 e. The molecule has 0 bridgehead atoms. The Morgan fingerprint density at radius 1 is 0.879 bits per heavy atom. The highest BCUT2D eigenvalue weighted by atomic mass is 32.1. The summed E-state index contributed by atoms with van der Waals surface area (Å²) in [6.45, 7) is 4.12. The summed E-state index contributed by atoms with van der Waals surface area (Å²) in [5.41, 5.74) is 5.64. The highest BCUT2D eigenvalue weighted by Crippen LogP contribution is 2.30. The lowest BCUT2D eigenvalue weighted by Gasteiger charge is -2.27. The molecule has 0 aliphatic heterocycles. The molecule has 4 rings (SSSR count). The Morgan fingerprint density at radius 2 is 1.52 bits per heavy atom. The van der Waals surface area contributed by atoms with Gasteiger partial charge in [-0.2, -0.15) is 0 Å². The lowest BCUT2D eigenvalue weighted by Crippen LogP contribution is -2.39. The maximum Gasteiger partial charge on any atom is 0.306 e. The summed E-state index contributed by atoms with van der Waals surface area (Å²) in [6, 6.07) is 19.1. The van der Waals surface area contributed by atoms with E-state index >= 15 is 0 Å². The minimum Gasteiger partial charge on any atom is -0.481 e. The van der Waals surface area contributed by atoms with E-state index in [1.54, 1.807) is 11.3 Å². The number of aryl methyl sites for hydroxylation is 3. The van der Waals surface area contributed by atoms with Crippen molar-refractivity contribution in [3.8, 4) is 11.1 Å². The fourth-order valence-electron chi connectivity index (χ4n) is 4.83. The van der Waals surface area contributed by atoms with Gasteiger partial charge < -0.3 is 10.4 Å². The van der Waals surface area contributed by atoms with Gasteiger partial charge >= 0.3 is 5.97 Å². The summed E-state index contributed by atoms with van der Waals surface area (Å²) in [7, 11) is 0. The maximum absolute atomic E-state index is 13.2. The van der Waals surface area contributed by atoms with E-state index in [2.05, 4.69) is 60.8 Å². The highest BCUT2D eigenvalue weighted by Gasteiger charge is 2.28. The molecule has 0 radical (unpaired) electrons. The first-order valence-electron chi connectivity index (χ1n) is 11.7. The molecule has 1 saturated carbocycles. The third-order valence-electron chi connectivity index (χ3n) is 6.75. The Kier molecular flexibility index (Phi) is 7.29. The quantitative estimate of drug-likeness (QED) is 0.441. The van der Waals surface area contributed by atoms with Crippen LogP contribution in [0.2, 0.25) is 0 Å². The number of benzene rings is 2. The zero-order valence-electron chi connectivity index (χ0n) is 19.3. The van der Waals surface area contributed by atoms with E-state index in [1.807, 2.05) is 13.0 Å². The molecule has 1 aliphatic rings. The van der Waals surface area contributed by atoms with Crippen LogP contribution in [0.25, 0.3) is 11.1 Å². The smallest absolute Gasteiger partial charge is 0.306 e. The minimum absolute atomic E-state index is 0.00921. The number of carboxylic acids is 1. The lowest BCUT2D eigenvalue weighted by molar-refractivity contribution is -0.142. The monoisotopic (exact) mass is 461 g/mol. The van der Waals surface area contributed by atoms with Gasteiger partial charge in [0, 0.05) is 15.8 Å². The van der Waals surface area contributed by atoms with Gasteiger partial charge in [-0.05, 0) is 74.6 Å². The van der Waals surface area contributed by atoms with Crippen molar-refractivity contribution in [1.29, 1.82) is 0 Å². The van der Waals surface area contributed by atoms with Gasteiger partial charge in [-0.15, -0.1) is 11.3 Å². The molecule has 1 heterocycles. The molecule has 4 nitrogen and oxygen atoms in total.